The van der Waals surface area contributed by atoms with Crippen molar-refractivity contribution in [3.8, 4) is 5.82 Å². The molecule has 2 heterocycles. The van der Waals surface area contributed by atoms with Crippen LogP contribution in [0.25, 0.3) is 5.82 Å². The summed E-state index contributed by atoms with van der Waals surface area (Å²) in [5, 5.41) is 8.96. The molecule has 0 amide bonds. The molecule has 1 N–H and O–H groups in total. The second-order valence-corrected chi connectivity index (χ2v) is 2.15. The maximum absolute atomic E-state index is 11.0. The van der Waals surface area contributed by atoms with Gasteiger partial charge in [-0.1, -0.05) is 0 Å². The Hall–Kier alpha value is -1.92. The van der Waals surface area contributed by atoms with Crippen LogP contribution < -0.4 is 5.69 Å². The lowest BCUT2D eigenvalue weighted by molar-refractivity contribution is 0.524. The second-order valence-electron chi connectivity index (χ2n) is 2.15. The molecule has 0 atom stereocenters. The molecule has 0 fully saturated rings. The fourth-order valence-electron chi connectivity index (χ4n) is 0.839. The highest BCUT2D eigenvalue weighted by atomic mass is 16.3. The quantitative estimate of drug-likeness (QED) is 0.603. The molecule has 62 valence electrons. The van der Waals surface area contributed by atoms with Gasteiger partial charge in [0.15, 0.2) is 6.39 Å². The Morgan fingerprint density at radius 3 is 3.00 bits per heavy atom. The van der Waals surface area contributed by atoms with Gasteiger partial charge in [-0.15, -0.1) is 4.68 Å². The molecule has 0 saturated carbocycles. The highest BCUT2D eigenvalue weighted by molar-refractivity contribution is 5.21. The standard InChI is InChI=1S/C5H5N5O2/c1-3-4(6-2-12-3)10-5(11)7-8-9-10/h2H,1H3,(H,7,9,11). The number of H-pyrrole nitrogens is 1. The molecule has 7 heteroatoms. The van der Waals surface area contributed by atoms with Gasteiger partial charge < -0.3 is 4.42 Å². The molecule has 0 radical (unpaired) electrons. The van der Waals surface area contributed by atoms with E-state index in [9.17, 15) is 4.79 Å². The zero-order valence-electron chi connectivity index (χ0n) is 6.18. The molecule has 12 heavy (non-hydrogen) atoms. The molecular weight excluding hydrogens is 162 g/mol. The Labute approximate surface area is 66.0 Å². The maximum atomic E-state index is 11.0. The Morgan fingerprint density at radius 1 is 1.67 bits per heavy atom. The topological polar surface area (TPSA) is 89.6 Å². The monoisotopic (exact) mass is 167 g/mol. The maximum Gasteiger partial charge on any atom is 0.367 e. The van der Waals surface area contributed by atoms with Crippen LogP contribution in [0.1, 0.15) is 5.76 Å². The minimum Gasteiger partial charge on any atom is -0.446 e. The molecule has 0 spiro atoms. The number of aromatic amines is 1. The highest BCUT2D eigenvalue weighted by Gasteiger charge is 2.09. The third kappa shape index (κ3) is 0.831. The summed E-state index contributed by atoms with van der Waals surface area (Å²) in [4.78, 5) is 14.8. The SMILES string of the molecule is Cc1ocnc1-n1nn[nH]c1=O. The molecule has 0 aliphatic rings. The van der Waals surface area contributed by atoms with E-state index in [2.05, 4.69) is 20.5 Å². The van der Waals surface area contributed by atoms with Crippen LogP contribution in [-0.4, -0.2) is 25.2 Å². The van der Waals surface area contributed by atoms with E-state index >= 15 is 0 Å². The summed E-state index contributed by atoms with van der Waals surface area (Å²) < 4.78 is 5.92. The number of nitrogens with one attached hydrogen (secondary N) is 1. The van der Waals surface area contributed by atoms with Gasteiger partial charge in [-0.3, -0.25) is 0 Å². The van der Waals surface area contributed by atoms with Gasteiger partial charge in [0.2, 0.25) is 5.82 Å². The van der Waals surface area contributed by atoms with Crippen LogP contribution in [0.4, 0.5) is 0 Å². The van der Waals surface area contributed by atoms with Crippen molar-refractivity contribution >= 4 is 0 Å². The molecule has 2 aromatic heterocycles. The summed E-state index contributed by atoms with van der Waals surface area (Å²) in [7, 11) is 0. The lowest BCUT2D eigenvalue weighted by atomic mass is 10.5. The van der Waals surface area contributed by atoms with Crippen LogP contribution >= 0.6 is 0 Å². The van der Waals surface area contributed by atoms with E-state index in [4.69, 9.17) is 4.42 Å². The molecular formula is C5H5N5O2. The molecule has 2 rings (SSSR count). The molecule has 0 saturated heterocycles. The van der Waals surface area contributed by atoms with Crippen molar-refractivity contribution in [1.82, 2.24) is 25.2 Å². The van der Waals surface area contributed by atoms with Crippen LogP contribution in [0.3, 0.4) is 0 Å². The first-order valence-corrected chi connectivity index (χ1v) is 3.20. The van der Waals surface area contributed by atoms with Gasteiger partial charge >= 0.3 is 5.69 Å². The van der Waals surface area contributed by atoms with E-state index < -0.39 is 5.69 Å². The number of tetrazole rings is 1. The minimum absolute atomic E-state index is 0.355. The molecule has 0 bridgehead atoms. The van der Waals surface area contributed by atoms with Crippen LogP contribution in [0.5, 0.6) is 0 Å². The summed E-state index contributed by atoms with van der Waals surface area (Å²) in [6.45, 7) is 1.68. The number of aromatic nitrogens is 5. The minimum atomic E-state index is -0.438. The Bertz CT molecular complexity index is 438. The molecule has 2 aromatic rings. The Morgan fingerprint density at radius 2 is 2.50 bits per heavy atom. The average molecular weight is 167 g/mol. The van der Waals surface area contributed by atoms with Crippen molar-refractivity contribution in [3.63, 3.8) is 0 Å². The molecule has 0 aliphatic carbocycles. The van der Waals surface area contributed by atoms with E-state index in [1.54, 1.807) is 6.92 Å². The summed E-state index contributed by atoms with van der Waals surface area (Å²) in [6.07, 6.45) is 1.24. The summed E-state index contributed by atoms with van der Waals surface area (Å²) in [6, 6.07) is 0. The highest BCUT2D eigenvalue weighted by Crippen LogP contribution is 2.05. The van der Waals surface area contributed by atoms with E-state index in [-0.39, 0.29) is 0 Å². The number of rotatable bonds is 1. The molecule has 0 aliphatic heterocycles. The summed E-state index contributed by atoms with van der Waals surface area (Å²) in [5.41, 5.74) is -0.438. The summed E-state index contributed by atoms with van der Waals surface area (Å²) >= 11 is 0. The van der Waals surface area contributed by atoms with Crippen molar-refractivity contribution in [2.45, 2.75) is 6.92 Å². The molecule has 0 unspecified atom stereocenters. The average Bonchev–Trinajstić information content (AvgIpc) is 2.59. The third-order valence-corrected chi connectivity index (χ3v) is 1.39. The number of aryl methyl sites for hydroxylation is 1. The largest absolute Gasteiger partial charge is 0.446 e. The van der Waals surface area contributed by atoms with Gasteiger partial charge in [-0.05, 0) is 17.4 Å². The fourth-order valence-corrected chi connectivity index (χ4v) is 0.839. The second kappa shape index (κ2) is 2.29. The fraction of sp³-hybridized carbons (Fsp3) is 0.200. The Balaban J connectivity index is 2.65. The van der Waals surface area contributed by atoms with Crippen molar-refractivity contribution in [3.05, 3.63) is 22.6 Å². The van der Waals surface area contributed by atoms with Crippen molar-refractivity contribution in [2.24, 2.45) is 0 Å². The van der Waals surface area contributed by atoms with E-state index in [1.165, 1.54) is 6.39 Å². The van der Waals surface area contributed by atoms with Crippen molar-refractivity contribution in [2.75, 3.05) is 0 Å². The lowest BCUT2D eigenvalue weighted by Crippen LogP contribution is -2.16. The molecule has 7 nitrogen and oxygen atoms in total. The van der Waals surface area contributed by atoms with Gasteiger partial charge in [0.1, 0.15) is 5.76 Å². The zero-order valence-corrected chi connectivity index (χ0v) is 6.18. The predicted molar refractivity (Wildman–Crippen MR) is 36.8 cm³/mol. The summed E-state index contributed by atoms with van der Waals surface area (Å²) in [5.74, 6) is 0.875. The number of nitrogens with zero attached hydrogens (tertiary/aromatic N) is 4. The van der Waals surface area contributed by atoms with Crippen LogP contribution in [0.15, 0.2) is 15.6 Å². The molecule has 0 aromatic carbocycles. The Kier molecular flexibility index (Phi) is 1.29. The van der Waals surface area contributed by atoms with Crippen molar-refractivity contribution < 1.29 is 4.42 Å². The number of hydrogen-bond acceptors (Lipinski definition) is 5. The smallest absolute Gasteiger partial charge is 0.367 e. The van der Waals surface area contributed by atoms with Crippen LogP contribution in [-0.2, 0) is 0 Å². The van der Waals surface area contributed by atoms with E-state index in [0.29, 0.717) is 11.6 Å². The third-order valence-electron chi connectivity index (χ3n) is 1.39. The normalized spacial score (nSPS) is 10.4. The van der Waals surface area contributed by atoms with Gasteiger partial charge in [0, 0.05) is 0 Å². The van der Waals surface area contributed by atoms with Crippen LogP contribution in [0, 0.1) is 6.92 Å². The van der Waals surface area contributed by atoms with Gasteiger partial charge in [0.05, 0.1) is 0 Å². The lowest BCUT2D eigenvalue weighted by Gasteiger charge is -1.89. The first kappa shape index (κ1) is 6.77. The van der Waals surface area contributed by atoms with Crippen molar-refractivity contribution in [1.29, 1.82) is 0 Å². The van der Waals surface area contributed by atoms with E-state index in [1.807, 2.05) is 0 Å². The van der Waals surface area contributed by atoms with Gasteiger partial charge in [0.25, 0.3) is 0 Å². The predicted octanol–water partition coefficient (Wildman–Crippen LogP) is -0.748. The first-order chi connectivity index (χ1) is 5.79. The number of hydrogen-bond donors (Lipinski definition) is 1. The zero-order chi connectivity index (χ0) is 8.55. The van der Waals surface area contributed by atoms with Gasteiger partial charge in [-0.25, -0.2) is 9.89 Å². The number of oxazole rings is 1. The first-order valence-electron chi connectivity index (χ1n) is 3.20. The van der Waals surface area contributed by atoms with Gasteiger partial charge in [-0.2, -0.15) is 4.98 Å². The van der Waals surface area contributed by atoms with E-state index in [0.717, 1.165) is 4.68 Å². The van der Waals surface area contributed by atoms with Crippen LogP contribution in [0.2, 0.25) is 0 Å².